The lowest BCUT2D eigenvalue weighted by molar-refractivity contribution is -0.139. The number of aryl methyl sites for hydroxylation is 2. The van der Waals surface area contributed by atoms with Gasteiger partial charge in [0.05, 0.1) is 28.2 Å². The lowest BCUT2D eigenvalue weighted by Crippen LogP contribution is -2.39. The molecule has 0 fully saturated rings. The number of fused-ring (bicyclic) bond motifs is 1. The molecule has 1 aromatic heterocycles. The first kappa shape index (κ1) is 17.7. The van der Waals surface area contributed by atoms with Gasteiger partial charge in [-0.05, 0) is 19.1 Å². The van der Waals surface area contributed by atoms with Crippen LogP contribution in [0.2, 0.25) is 0 Å². The summed E-state index contributed by atoms with van der Waals surface area (Å²) in [4.78, 5) is 34.9. The SMILES string of the molecule is CCOC(=O)CS(=O)(=O)c1cc2c(cc1N)n(C)c(=O)c(=O)n2C. The smallest absolute Gasteiger partial charge is 0.321 e. The van der Waals surface area contributed by atoms with Gasteiger partial charge >= 0.3 is 17.1 Å². The highest BCUT2D eigenvalue weighted by Gasteiger charge is 2.24. The Morgan fingerprint density at radius 3 is 2.12 bits per heavy atom. The average molecular weight is 355 g/mol. The third-order valence-electron chi connectivity index (χ3n) is 3.57. The van der Waals surface area contributed by atoms with Crippen LogP contribution in [0.3, 0.4) is 0 Å². The van der Waals surface area contributed by atoms with Crippen LogP contribution in [0.4, 0.5) is 5.69 Å². The van der Waals surface area contributed by atoms with E-state index >= 15 is 0 Å². The van der Waals surface area contributed by atoms with Crippen LogP contribution < -0.4 is 16.9 Å². The topological polar surface area (TPSA) is 130 Å². The molecule has 0 unspecified atom stereocenters. The molecule has 0 atom stereocenters. The first-order chi connectivity index (χ1) is 11.1. The Morgan fingerprint density at radius 1 is 1.12 bits per heavy atom. The standard InChI is InChI=1S/C14H17N3O6S/c1-4-23-12(18)7-24(21,22)11-6-10-9(5-8(11)15)16(2)13(19)14(20)17(10)3/h5-6H,4,7,15H2,1-3H3. The summed E-state index contributed by atoms with van der Waals surface area (Å²) in [7, 11) is -1.32. The number of benzene rings is 1. The van der Waals surface area contributed by atoms with E-state index in [-0.39, 0.29) is 22.7 Å². The Morgan fingerprint density at radius 2 is 1.62 bits per heavy atom. The van der Waals surface area contributed by atoms with Gasteiger partial charge in [0.25, 0.3) is 0 Å². The maximum absolute atomic E-state index is 12.4. The molecule has 2 rings (SSSR count). The van der Waals surface area contributed by atoms with Crippen LogP contribution in [0.15, 0.2) is 26.6 Å². The minimum atomic E-state index is -4.06. The van der Waals surface area contributed by atoms with Crippen molar-refractivity contribution < 1.29 is 17.9 Å². The number of nitrogen functional groups attached to an aromatic ring is 1. The molecule has 130 valence electrons. The monoisotopic (exact) mass is 355 g/mol. The third kappa shape index (κ3) is 2.92. The van der Waals surface area contributed by atoms with Crippen LogP contribution in [0, 0.1) is 0 Å². The minimum absolute atomic E-state index is 0.0537. The number of ether oxygens (including phenoxy) is 1. The molecule has 0 spiro atoms. The maximum atomic E-state index is 12.4. The molecular formula is C14H17N3O6S. The minimum Gasteiger partial charge on any atom is -0.465 e. The highest BCUT2D eigenvalue weighted by atomic mass is 32.2. The van der Waals surface area contributed by atoms with Crippen molar-refractivity contribution in [3.05, 3.63) is 32.8 Å². The number of hydrogen-bond donors (Lipinski definition) is 1. The second-order valence-corrected chi connectivity index (χ2v) is 7.13. The molecule has 0 aliphatic heterocycles. The molecule has 0 radical (unpaired) electrons. The molecule has 0 aliphatic carbocycles. The summed E-state index contributed by atoms with van der Waals surface area (Å²) < 4.78 is 31.6. The Kier molecular flexibility index (Phi) is 4.52. The van der Waals surface area contributed by atoms with Crippen LogP contribution in [0.1, 0.15) is 6.92 Å². The van der Waals surface area contributed by atoms with E-state index in [1.54, 1.807) is 6.92 Å². The van der Waals surface area contributed by atoms with Crippen molar-refractivity contribution in [2.75, 3.05) is 18.1 Å². The Labute approximate surface area is 137 Å². The number of nitrogens with two attached hydrogens (primary N) is 1. The first-order valence-electron chi connectivity index (χ1n) is 6.97. The number of carbonyl (C=O) groups is 1. The van der Waals surface area contributed by atoms with Gasteiger partial charge in [-0.3, -0.25) is 14.4 Å². The number of sulfone groups is 1. The van der Waals surface area contributed by atoms with E-state index in [2.05, 4.69) is 4.74 Å². The maximum Gasteiger partial charge on any atom is 0.321 e. The van der Waals surface area contributed by atoms with Gasteiger partial charge in [0.15, 0.2) is 15.6 Å². The molecule has 2 N–H and O–H groups in total. The van der Waals surface area contributed by atoms with Crippen molar-refractivity contribution in [3.8, 4) is 0 Å². The van der Waals surface area contributed by atoms with Gasteiger partial charge in [0.1, 0.15) is 0 Å². The van der Waals surface area contributed by atoms with E-state index < -0.39 is 32.7 Å². The zero-order valence-corrected chi connectivity index (χ0v) is 14.2. The molecule has 1 heterocycles. The van der Waals surface area contributed by atoms with Crippen LogP contribution in [-0.2, 0) is 33.5 Å². The summed E-state index contributed by atoms with van der Waals surface area (Å²) in [6.45, 7) is 1.61. The van der Waals surface area contributed by atoms with Crippen LogP contribution in [0.5, 0.6) is 0 Å². The number of esters is 1. The number of rotatable bonds is 4. The zero-order valence-electron chi connectivity index (χ0n) is 13.4. The molecule has 10 heteroatoms. The Hall–Kier alpha value is -2.62. The lowest BCUT2D eigenvalue weighted by Gasteiger charge is -2.13. The average Bonchev–Trinajstić information content (AvgIpc) is 2.50. The van der Waals surface area contributed by atoms with Gasteiger partial charge in [-0.1, -0.05) is 0 Å². The summed E-state index contributed by atoms with van der Waals surface area (Å²) in [5.74, 6) is -1.76. The van der Waals surface area contributed by atoms with Gasteiger partial charge in [0, 0.05) is 14.1 Å². The van der Waals surface area contributed by atoms with Crippen molar-refractivity contribution in [2.45, 2.75) is 11.8 Å². The van der Waals surface area contributed by atoms with E-state index in [9.17, 15) is 22.8 Å². The fourth-order valence-electron chi connectivity index (χ4n) is 2.32. The molecule has 0 amide bonds. The second-order valence-electron chi connectivity index (χ2n) is 5.17. The number of hydrogen-bond acceptors (Lipinski definition) is 7. The van der Waals surface area contributed by atoms with Gasteiger partial charge in [-0.25, -0.2) is 8.42 Å². The van der Waals surface area contributed by atoms with Crippen molar-refractivity contribution in [1.82, 2.24) is 9.13 Å². The largest absolute Gasteiger partial charge is 0.465 e. The molecule has 1 aromatic carbocycles. The van der Waals surface area contributed by atoms with Crippen molar-refractivity contribution in [3.63, 3.8) is 0 Å². The molecular weight excluding hydrogens is 338 g/mol. The van der Waals surface area contributed by atoms with Gasteiger partial charge in [0.2, 0.25) is 0 Å². The van der Waals surface area contributed by atoms with Crippen molar-refractivity contribution in [1.29, 1.82) is 0 Å². The van der Waals surface area contributed by atoms with Crippen LogP contribution in [0.25, 0.3) is 11.0 Å². The van der Waals surface area contributed by atoms with Gasteiger partial charge in [-0.2, -0.15) is 0 Å². The van der Waals surface area contributed by atoms with E-state index in [4.69, 9.17) is 5.73 Å². The van der Waals surface area contributed by atoms with Crippen LogP contribution in [-0.4, -0.2) is 35.9 Å². The number of aromatic nitrogens is 2. The van der Waals surface area contributed by atoms with Crippen molar-refractivity contribution in [2.24, 2.45) is 14.1 Å². The van der Waals surface area contributed by atoms with E-state index in [0.29, 0.717) is 5.52 Å². The van der Waals surface area contributed by atoms with Crippen LogP contribution >= 0.6 is 0 Å². The molecule has 0 bridgehead atoms. The summed E-state index contributed by atoms with van der Waals surface area (Å²) in [6, 6.07) is 2.47. The zero-order chi connectivity index (χ0) is 18.2. The molecule has 0 saturated carbocycles. The molecule has 0 saturated heterocycles. The molecule has 0 aliphatic rings. The highest BCUT2D eigenvalue weighted by molar-refractivity contribution is 7.92. The third-order valence-corrected chi connectivity index (χ3v) is 5.21. The predicted octanol–water partition coefficient (Wildman–Crippen LogP) is -0.844. The predicted molar refractivity (Wildman–Crippen MR) is 87.5 cm³/mol. The van der Waals surface area contributed by atoms with E-state index in [0.717, 1.165) is 9.13 Å². The summed E-state index contributed by atoms with van der Waals surface area (Å²) in [6.07, 6.45) is 0. The Balaban J connectivity index is 2.74. The summed E-state index contributed by atoms with van der Waals surface area (Å²) >= 11 is 0. The quantitative estimate of drug-likeness (QED) is 0.430. The van der Waals surface area contributed by atoms with Crippen molar-refractivity contribution >= 4 is 32.5 Å². The fraction of sp³-hybridized carbons (Fsp3) is 0.357. The number of nitrogens with zero attached hydrogens (tertiary/aromatic N) is 2. The van der Waals surface area contributed by atoms with E-state index in [1.165, 1.54) is 26.2 Å². The Bertz CT molecular complexity index is 1050. The number of anilines is 1. The number of carbonyl (C=O) groups excluding carboxylic acids is 1. The fourth-order valence-corrected chi connectivity index (χ4v) is 3.58. The molecule has 9 nitrogen and oxygen atoms in total. The summed E-state index contributed by atoms with van der Waals surface area (Å²) in [5.41, 5.74) is 4.62. The lowest BCUT2D eigenvalue weighted by atomic mass is 10.2. The summed E-state index contributed by atoms with van der Waals surface area (Å²) in [5, 5.41) is 0. The second kappa shape index (κ2) is 6.11. The molecule has 2 aromatic rings. The van der Waals surface area contributed by atoms with Gasteiger partial charge in [-0.15, -0.1) is 0 Å². The van der Waals surface area contributed by atoms with E-state index in [1.807, 2.05) is 0 Å². The van der Waals surface area contributed by atoms with Gasteiger partial charge < -0.3 is 19.6 Å². The normalized spacial score (nSPS) is 11.6. The first-order valence-corrected chi connectivity index (χ1v) is 8.63. The highest BCUT2D eigenvalue weighted by Crippen LogP contribution is 2.25. The molecule has 24 heavy (non-hydrogen) atoms.